The second kappa shape index (κ2) is 11.4. The van der Waals surface area contributed by atoms with Crippen molar-refractivity contribution in [3.63, 3.8) is 0 Å². The van der Waals surface area contributed by atoms with Crippen LogP contribution in [0.15, 0.2) is 77.7 Å². The van der Waals surface area contributed by atoms with E-state index in [-0.39, 0.29) is 18.4 Å². The molecule has 3 rings (SSSR count). The number of hydrogen-bond donors (Lipinski definition) is 2. The summed E-state index contributed by atoms with van der Waals surface area (Å²) in [6.07, 6.45) is 1.58. The Labute approximate surface area is 187 Å². The molecule has 4 N–H and O–H groups in total. The highest BCUT2D eigenvalue weighted by atomic mass is 32.2. The zero-order valence-electron chi connectivity index (χ0n) is 17.6. The van der Waals surface area contributed by atoms with Gasteiger partial charge in [0.25, 0.3) is 0 Å². The molecule has 0 aliphatic carbocycles. The van der Waals surface area contributed by atoms with Gasteiger partial charge in [0, 0.05) is 23.1 Å². The van der Waals surface area contributed by atoms with Gasteiger partial charge < -0.3 is 20.9 Å². The first-order valence-corrected chi connectivity index (χ1v) is 11.2. The van der Waals surface area contributed by atoms with Crippen LogP contribution in [-0.2, 0) is 17.0 Å². The molecule has 0 heterocycles. The topological polar surface area (TPSA) is 87.6 Å². The predicted octanol–water partition coefficient (Wildman–Crippen LogP) is 4.92. The first kappa shape index (κ1) is 22.7. The van der Waals surface area contributed by atoms with E-state index in [4.69, 9.17) is 20.9 Å². The van der Waals surface area contributed by atoms with Crippen molar-refractivity contribution in [3.8, 4) is 17.2 Å². The van der Waals surface area contributed by atoms with Gasteiger partial charge in [0.15, 0.2) is 11.5 Å². The monoisotopic (exact) mass is 436 g/mol. The summed E-state index contributed by atoms with van der Waals surface area (Å²) in [5, 5.41) is 0. The van der Waals surface area contributed by atoms with E-state index in [0.717, 1.165) is 23.5 Å². The van der Waals surface area contributed by atoms with Gasteiger partial charge in [-0.15, -0.1) is 11.8 Å². The molecule has 1 amide bonds. The maximum absolute atomic E-state index is 11.0. The van der Waals surface area contributed by atoms with Crippen LogP contribution in [0, 0.1) is 0 Å². The number of aryl methyl sites for hydroxylation is 1. The van der Waals surface area contributed by atoms with Crippen LogP contribution in [0.1, 0.15) is 24.0 Å². The maximum Gasteiger partial charge on any atom is 0.218 e. The normalized spacial score (nSPS) is 11.7. The van der Waals surface area contributed by atoms with Crippen LogP contribution in [0.5, 0.6) is 17.2 Å². The fraction of sp³-hybridized carbons (Fsp3) is 0.240. The summed E-state index contributed by atoms with van der Waals surface area (Å²) in [6.45, 7) is 0. The van der Waals surface area contributed by atoms with Gasteiger partial charge in [-0.2, -0.15) is 0 Å². The average molecular weight is 437 g/mol. The Hall–Kier alpha value is -2.96. The third-order valence-corrected chi connectivity index (χ3v) is 5.88. The Kier molecular flexibility index (Phi) is 8.38. The van der Waals surface area contributed by atoms with E-state index < -0.39 is 0 Å². The molecule has 0 radical (unpaired) electrons. The minimum Gasteiger partial charge on any atom is -0.493 e. The summed E-state index contributed by atoms with van der Waals surface area (Å²) in [7, 11) is 1.62. The van der Waals surface area contributed by atoms with Gasteiger partial charge in [0.1, 0.15) is 5.75 Å². The van der Waals surface area contributed by atoms with Gasteiger partial charge in [-0.05, 0) is 60.4 Å². The summed E-state index contributed by atoms with van der Waals surface area (Å²) in [6, 6.07) is 24.0. The number of methoxy groups -OCH3 is 1. The van der Waals surface area contributed by atoms with Crippen molar-refractivity contribution in [2.45, 2.75) is 36.0 Å². The number of carbonyl (C=O) groups is 1. The molecule has 162 valence electrons. The lowest BCUT2D eigenvalue weighted by atomic mass is 10.0. The first-order valence-electron chi connectivity index (χ1n) is 10.2. The molecule has 0 aromatic heterocycles. The lowest BCUT2D eigenvalue weighted by molar-refractivity contribution is -0.118. The molecule has 1 unspecified atom stereocenters. The van der Waals surface area contributed by atoms with Crippen LogP contribution >= 0.6 is 11.8 Å². The summed E-state index contributed by atoms with van der Waals surface area (Å²) in [4.78, 5) is 12.3. The molecule has 0 spiro atoms. The lowest BCUT2D eigenvalue weighted by Gasteiger charge is -2.14. The van der Waals surface area contributed by atoms with Crippen molar-refractivity contribution in [3.05, 3.63) is 83.9 Å². The van der Waals surface area contributed by atoms with Gasteiger partial charge in [-0.3, -0.25) is 4.79 Å². The standard InChI is InChI=1S/C25H28N2O3S/c1-29-23-14-10-18(7-11-20(26)16-25(27)28)15-24(23)30-21-12-8-19(9-13-21)17-31-22-5-3-2-4-6-22/h2-6,8-10,12-15,20H,7,11,16-17,26H2,1H3,(H2,27,28). The molecule has 3 aromatic rings. The number of carbonyl (C=O) groups excluding carboxylic acids is 1. The first-order chi connectivity index (χ1) is 15.0. The molecule has 3 aromatic carbocycles. The molecule has 0 saturated heterocycles. The van der Waals surface area contributed by atoms with Gasteiger partial charge in [0.2, 0.25) is 5.91 Å². The molecule has 0 bridgehead atoms. The van der Waals surface area contributed by atoms with E-state index in [2.05, 4.69) is 24.3 Å². The second-order valence-corrected chi connectivity index (χ2v) is 8.35. The van der Waals surface area contributed by atoms with E-state index in [1.54, 1.807) is 18.9 Å². The second-order valence-electron chi connectivity index (χ2n) is 7.30. The van der Waals surface area contributed by atoms with Gasteiger partial charge in [-0.25, -0.2) is 0 Å². The number of amides is 1. The summed E-state index contributed by atoms with van der Waals surface area (Å²) < 4.78 is 11.5. The Morgan fingerprint density at radius 3 is 2.35 bits per heavy atom. The third kappa shape index (κ3) is 7.35. The Morgan fingerprint density at radius 2 is 1.68 bits per heavy atom. The summed E-state index contributed by atoms with van der Waals surface area (Å²) >= 11 is 1.80. The molecular formula is C25H28N2O3S. The molecular weight excluding hydrogens is 408 g/mol. The van der Waals surface area contributed by atoms with Crippen molar-refractivity contribution in [2.24, 2.45) is 11.5 Å². The van der Waals surface area contributed by atoms with Crippen molar-refractivity contribution in [1.82, 2.24) is 0 Å². The lowest BCUT2D eigenvalue weighted by Crippen LogP contribution is -2.27. The van der Waals surface area contributed by atoms with Crippen molar-refractivity contribution < 1.29 is 14.3 Å². The zero-order chi connectivity index (χ0) is 22.1. The molecule has 0 aliphatic heterocycles. The molecule has 0 saturated carbocycles. The Balaban J connectivity index is 1.61. The van der Waals surface area contributed by atoms with Crippen LogP contribution in [0.2, 0.25) is 0 Å². The summed E-state index contributed by atoms with van der Waals surface area (Å²) in [5.41, 5.74) is 13.5. The van der Waals surface area contributed by atoms with Crippen molar-refractivity contribution in [1.29, 1.82) is 0 Å². The third-order valence-electron chi connectivity index (χ3n) is 4.80. The van der Waals surface area contributed by atoms with Gasteiger partial charge in [0.05, 0.1) is 7.11 Å². The Morgan fingerprint density at radius 1 is 0.968 bits per heavy atom. The van der Waals surface area contributed by atoms with Crippen LogP contribution in [0.3, 0.4) is 0 Å². The fourth-order valence-electron chi connectivity index (χ4n) is 3.13. The molecule has 0 aliphatic rings. The Bertz CT molecular complexity index is 978. The van der Waals surface area contributed by atoms with Crippen molar-refractivity contribution >= 4 is 17.7 Å². The smallest absolute Gasteiger partial charge is 0.218 e. The predicted molar refractivity (Wildman–Crippen MR) is 126 cm³/mol. The number of thioether (sulfide) groups is 1. The minimum atomic E-state index is -0.378. The van der Waals surface area contributed by atoms with Crippen molar-refractivity contribution in [2.75, 3.05) is 7.11 Å². The number of rotatable bonds is 11. The SMILES string of the molecule is COc1ccc(CCC(N)CC(N)=O)cc1Oc1ccc(CSc2ccccc2)cc1. The van der Waals surface area contributed by atoms with E-state index in [1.165, 1.54) is 10.5 Å². The maximum atomic E-state index is 11.0. The quantitative estimate of drug-likeness (QED) is 0.417. The highest BCUT2D eigenvalue weighted by Gasteiger charge is 2.11. The number of benzene rings is 3. The largest absolute Gasteiger partial charge is 0.493 e. The number of primary amides is 1. The molecule has 0 fully saturated rings. The number of nitrogens with two attached hydrogens (primary N) is 2. The van der Waals surface area contributed by atoms with Crippen LogP contribution in [0.25, 0.3) is 0 Å². The minimum absolute atomic E-state index is 0.189. The van der Waals surface area contributed by atoms with E-state index in [0.29, 0.717) is 17.9 Å². The van der Waals surface area contributed by atoms with E-state index in [9.17, 15) is 4.79 Å². The molecule has 5 nitrogen and oxygen atoms in total. The zero-order valence-corrected chi connectivity index (χ0v) is 18.4. The van der Waals surface area contributed by atoms with Crippen LogP contribution in [-0.4, -0.2) is 19.1 Å². The molecule has 1 atom stereocenters. The molecule has 31 heavy (non-hydrogen) atoms. The van der Waals surface area contributed by atoms with E-state index in [1.807, 2.05) is 48.5 Å². The summed E-state index contributed by atoms with van der Waals surface area (Å²) in [5.74, 6) is 2.57. The number of hydrogen-bond acceptors (Lipinski definition) is 5. The van der Waals surface area contributed by atoms with Crippen LogP contribution in [0.4, 0.5) is 0 Å². The highest BCUT2D eigenvalue weighted by molar-refractivity contribution is 7.98. The number of ether oxygens (including phenoxy) is 2. The van der Waals surface area contributed by atoms with E-state index >= 15 is 0 Å². The van der Waals surface area contributed by atoms with Gasteiger partial charge in [-0.1, -0.05) is 36.4 Å². The average Bonchev–Trinajstić information content (AvgIpc) is 2.78. The molecule has 6 heteroatoms. The van der Waals surface area contributed by atoms with Crippen LogP contribution < -0.4 is 20.9 Å². The fourth-order valence-corrected chi connectivity index (χ4v) is 4.01. The van der Waals surface area contributed by atoms with Gasteiger partial charge >= 0.3 is 0 Å². The highest BCUT2D eigenvalue weighted by Crippen LogP contribution is 2.33.